The van der Waals surface area contributed by atoms with E-state index in [2.05, 4.69) is 10.2 Å². The maximum atomic E-state index is 12.9. The van der Waals surface area contributed by atoms with Gasteiger partial charge >= 0.3 is 0 Å². The molecule has 3 rings (SSSR count). The van der Waals surface area contributed by atoms with Gasteiger partial charge in [0.05, 0.1) is 13.2 Å². The Hall–Kier alpha value is -2.17. The summed E-state index contributed by atoms with van der Waals surface area (Å²) in [7, 11) is 0. The number of hydrogen-bond donors (Lipinski definition) is 1. The molecule has 0 bridgehead atoms. The van der Waals surface area contributed by atoms with E-state index in [1.165, 1.54) is 5.56 Å². The number of carbonyl (C=O) groups is 1. The van der Waals surface area contributed by atoms with Crippen LogP contribution in [0.15, 0.2) is 54.6 Å². The second-order valence-electron chi connectivity index (χ2n) is 5.82. The van der Waals surface area contributed by atoms with E-state index in [0.717, 1.165) is 24.3 Å². The number of ether oxygens (including phenoxy) is 1. The number of nitrogens with zero attached hydrogens (tertiary/aromatic N) is 1. The summed E-state index contributed by atoms with van der Waals surface area (Å²) in [6.07, 6.45) is 0. The molecule has 2 aromatic rings. The fourth-order valence-electron chi connectivity index (χ4n) is 2.85. The molecule has 1 atom stereocenters. The topological polar surface area (TPSA) is 41.6 Å². The SMILES string of the molecule is Cc1ccc(NC(=O)[C@@H](c2ccccc2)N2CCOCC2)cc1. The van der Waals surface area contributed by atoms with Crippen LogP contribution in [0.1, 0.15) is 17.2 Å². The Morgan fingerprint density at radius 1 is 1.04 bits per heavy atom. The van der Waals surface area contributed by atoms with Gasteiger partial charge in [-0.25, -0.2) is 0 Å². The fourth-order valence-corrected chi connectivity index (χ4v) is 2.85. The number of amides is 1. The molecule has 2 aromatic carbocycles. The third kappa shape index (κ3) is 3.97. The van der Waals surface area contributed by atoms with Gasteiger partial charge in [-0.15, -0.1) is 0 Å². The van der Waals surface area contributed by atoms with Crippen LogP contribution in [0.4, 0.5) is 5.69 Å². The molecule has 1 aliphatic rings. The van der Waals surface area contributed by atoms with Crippen molar-refractivity contribution in [1.29, 1.82) is 0 Å². The van der Waals surface area contributed by atoms with Crippen LogP contribution in [0.25, 0.3) is 0 Å². The summed E-state index contributed by atoms with van der Waals surface area (Å²) in [4.78, 5) is 15.1. The number of nitrogens with one attached hydrogen (secondary N) is 1. The van der Waals surface area contributed by atoms with Crippen molar-refractivity contribution >= 4 is 11.6 Å². The molecule has 0 spiro atoms. The molecule has 1 amide bonds. The summed E-state index contributed by atoms with van der Waals surface area (Å²) >= 11 is 0. The van der Waals surface area contributed by atoms with Crippen LogP contribution in [0.5, 0.6) is 0 Å². The molecular formula is C19H22N2O2. The number of anilines is 1. The van der Waals surface area contributed by atoms with Gasteiger partial charge in [0.2, 0.25) is 5.91 Å². The van der Waals surface area contributed by atoms with E-state index in [0.29, 0.717) is 13.2 Å². The Bertz CT molecular complexity index is 634. The average molecular weight is 310 g/mol. The molecule has 0 aromatic heterocycles. The lowest BCUT2D eigenvalue weighted by Gasteiger charge is -2.33. The van der Waals surface area contributed by atoms with Crippen LogP contribution < -0.4 is 5.32 Å². The predicted molar refractivity (Wildman–Crippen MR) is 91.4 cm³/mol. The number of hydrogen-bond acceptors (Lipinski definition) is 3. The minimum absolute atomic E-state index is 0.00181. The third-order valence-corrected chi connectivity index (χ3v) is 4.09. The summed E-state index contributed by atoms with van der Waals surface area (Å²) in [6.45, 7) is 4.90. The van der Waals surface area contributed by atoms with Crippen molar-refractivity contribution in [2.75, 3.05) is 31.6 Å². The Kier molecular flexibility index (Phi) is 5.05. The minimum atomic E-state index is -0.290. The predicted octanol–water partition coefficient (Wildman–Crippen LogP) is 3.01. The minimum Gasteiger partial charge on any atom is -0.379 e. The zero-order valence-electron chi connectivity index (χ0n) is 13.4. The Labute approximate surface area is 137 Å². The first-order valence-electron chi connectivity index (χ1n) is 7.98. The quantitative estimate of drug-likeness (QED) is 0.944. The number of aryl methyl sites for hydroxylation is 1. The Morgan fingerprint density at radius 3 is 2.35 bits per heavy atom. The molecule has 1 fully saturated rings. The van der Waals surface area contributed by atoms with Gasteiger partial charge in [0.1, 0.15) is 6.04 Å². The summed E-state index contributed by atoms with van der Waals surface area (Å²) in [5, 5.41) is 3.04. The van der Waals surface area contributed by atoms with Crippen LogP contribution in [0, 0.1) is 6.92 Å². The molecule has 4 nitrogen and oxygen atoms in total. The van der Waals surface area contributed by atoms with Crippen LogP contribution >= 0.6 is 0 Å². The van der Waals surface area contributed by atoms with Crippen molar-refractivity contribution in [3.05, 3.63) is 65.7 Å². The van der Waals surface area contributed by atoms with Gasteiger partial charge in [-0.05, 0) is 24.6 Å². The first-order chi connectivity index (χ1) is 11.2. The van der Waals surface area contributed by atoms with E-state index >= 15 is 0 Å². The maximum absolute atomic E-state index is 12.9. The normalized spacial score (nSPS) is 16.7. The average Bonchev–Trinajstić information content (AvgIpc) is 2.59. The summed E-state index contributed by atoms with van der Waals surface area (Å²) < 4.78 is 5.42. The highest BCUT2D eigenvalue weighted by Crippen LogP contribution is 2.24. The first kappa shape index (κ1) is 15.7. The van der Waals surface area contributed by atoms with Crippen molar-refractivity contribution in [2.45, 2.75) is 13.0 Å². The summed E-state index contributed by atoms with van der Waals surface area (Å²) in [6, 6.07) is 17.5. The molecule has 1 saturated heterocycles. The third-order valence-electron chi connectivity index (χ3n) is 4.09. The highest BCUT2D eigenvalue weighted by molar-refractivity contribution is 5.95. The van der Waals surface area contributed by atoms with Crippen molar-refractivity contribution in [3.8, 4) is 0 Å². The Morgan fingerprint density at radius 2 is 1.70 bits per heavy atom. The molecule has 0 aliphatic carbocycles. The van der Waals surface area contributed by atoms with E-state index < -0.39 is 0 Å². The van der Waals surface area contributed by atoms with Gasteiger partial charge in [0.25, 0.3) is 0 Å². The number of benzene rings is 2. The smallest absolute Gasteiger partial charge is 0.246 e. The van der Waals surface area contributed by atoms with Crippen LogP contribution in [-0.4, -0.2) is 37.1 Å². The first-order valence-corrected chi connectivity index (χ1v) is 7.98. The van der Waals surface area contributed by atoms with E-state index in [4.69, 9.17) is 4.74 Å². The highest BCUT2D eigenvalue weighted by atomic mass is 16.5. The molecule has 120 valence electrons. The lowest BCUT2D eigenvalue weighted by Crippen LogP contribution is -2.43. The molecule has 1 aliphatic heterocycles. The molecule has 1 heterocycles. The largest absolute Gasteiger partial charge is 0.379 e. The molecule has 1 N–H and O–H groups in total. The van der Waals surface area contributed by atoms with Gasteiger partial charge in [0.15, 0.2) is 0 Å². The number of carbonyl (C=O) groups excluding carboxylic acids is 1. The zero-order chi connectivity index (χ0) is 16.1. The van der Waals surface area contributed by atoms with Crippen LogP contribution in [0.2, 0.25) is 0 Å². The molecular weight excluding hydrogens is 288 g/mol. The monoisotopic (exact) mass is 310 g/mol. The van der Waals surface area contributed by atoms with Gasteiger partial charge in [-0.3, -0.25) is 9.69 Å². The van der Waals surface area contributed by atoms with Crippen molar-refractivity contribution < 1.29 is 9.53 Å². The van der Waals surface area contributed by atoms with Gasteiger partial charge in [-0.1, -0.05) is 48.0 Å². The highest BCUT2D eigenvalue weighted by Gasteiger charge is 2.28. The lowest BCUT2D eigenvalue weighted by atomic mass is 10.0. The maximum Gasteiger partial charge on any atom is 0.246 e. The van der Waals surface area contributed by atoms with Crippen molar-refractivity contribution in [2.24, 2.45) is 0 Å². The van der Waals surface area contributed by atoms with Crippen molar-refractivity contribution in [3.63, 3.8) is 0 Å². The standard InChI is InChI=1S/C19H22N2O2/c1-15-7-9-17(10-8-15)20-19(22)18(16-5-3-2-4-6-16)21-11-13-23-14-12-21/h2-10,18H,11-14H2,1H3,(H,20,22)/t18-/m1/s1. The van der Waals surface area contributed by atoms with Crippen LogP contribution in [-0.2, 0) is 9.53 Å². The van der Waals surface area contributed by atoms with Gasteiger partial charge in [0, 0.05) is 18.8 Å². The van der Waals surface area contributed by atoms with E-state index in [-0.39, 0.29) is 11.9 Å². The van der Waals surface area contributed by atoms with Gasteiger partial charge in [-0.2, -0.15) is 0 Å². The molecule has 0 saturated carbocycles. The van der Waals surface area contributed by atoms with Crippen molar-refractivity contribution in [1.82, 2.24) is 4.90 Å². The second-order valence-corrected chi connectivity index (χ2v) is 5.82. The molecule has 4 heteroatoms. The number of morpholine rings is 1. The van der Waals surface area contributed by atoms with E-state index in [1.54, 1.807) is 0 Å². The lowest BCUT2D eigenvalue weighted by molar-refractivity contribution is -0.123. The van der Waals surface area contributed by atoms with Gasteiger partial charge < -0.3 is 10.1 Å². The molecule has 0 unspecified atom stereocenters. The molecule has 23 heavy (non-hydrogen) atoms. The Balaban J connectivity index is 1.82. The summed E-state index contributed by atoms with van der Waals surface area (Å²) in [5.74, 6) is 0.00181. The van der Waals surface area contributed by atoms with E-state index in [1.807, 2.05) is 61.5 Å². The van der Waals surface area contributed by atoms with Crippen LogP contribution in [0.3, 0.4) is 0 Å². The fraction of sp³-hybridized carbons (Fsp3) is 0.316. The second kappa shape index (κ2) is 7.40. The molecule has 0 radical (unpaired) electrons. The van der Waals surface area contributed by atoms with E-state index in [9.17, 15) is 4.79 Å². The zero-order valence-corrected chi connectivity index (χ0v) is 13.4. The number of rotatable bonds is 4. The summed E-state index contributed by atoms with van der Waals surface area (Å²) in [5.41, 5.74) is 3.02.